The minimum atomic E-state index is 0.279. The highest BCUT2D eigenvalue weighted by molar-refractivity contribution is 5.81. The van der Waals surface area contributed by atoms with Crippen molar-refractivity contribution in [3.05, 3.63) is 18.7 Å². The van der Waals surface area contributed by atoms with Gasteiger partial charge in [0, 0.05) is 18.3 Å². The molecule has 2 atom stereocenters. The summed E-state index contributed by atoms with van der Waals surface area (Å²) >= 11 is 0. The zero-order chi connectivity index (χ0) is 10.7. The van der Waals surface area contributed by atoms with Crippen molar-refractivity contribution >= 4 is 5.78 Å². The summed E-state index contributed by atoms with van der Waals surface area (Å²) in [5, 5.41) is 0. The van der Waals surface area contributed by atoms with Gasteiger partial charge in [-0.1, -0.05) is 26.2 Å². The molecule has 0 N–H and O–H groups in total. The van der Waals surface area contributed by atoms with E-state index in [1.165, 1.54) is 19.3 Å². The van der Waals surface area contributed by atoms with Gasteiger partial charge in [0.25, 0.3) is 0 Å². The molecule has 2 rings (SSSR count). The second kappa shape index (κ2) is 4.60. The minimum Gasteiger partial charge on any atom is -0.330 e. The minimum absolute atomic E-state index is 0.279. The first-order valence-electron chi connectivity index (χ1n) is 5.76. The van der Waals surface area contributed by atoms with Crippen molar-refractivity contribution in [3.8, 4) is 0 Å². The predicted molar refractivity (Wildman–Crippen MR) is 58.4 cm³/mol. The maximum Gasteiger partial charge on any atom is 0.155 e. The van der Waals surface area contributed by atoms with Crippen LogP contribution >= 0.6 is 0 Å². The first kappa shape index (κ1) is 10.4. The monoisotopic (exact) mass is 206 g/mol. The van der Waals surface area contributed by atoms with Crippen LogP contribution < -0.4 is 0 Å². The molecule has 0 aromatic carbocycles. The summed E-state index contributed by atoms with van der Waals surface area (Å²) < 4.78 is 1.86. The Bertz CT molecular complexity index is 318. The zero-order valence-electron chi connectivity index (χ0n) is 9.22. The molecular weight excluding hydrogens is 188 g/mol. The lowest BCUT2D eigenvalue weighted by Gasteiger charge is -2.27. The van der Waals surface area contributed by atoms with Gasteiger partial charge in [0.15, 0.2) is 5.78 Å². The highest BCUT2D eigenvalue weighted by atomic mass is 16.1. The van der Waals surface area contributed by atoms with Crippen LogP contribution in [0.4, 0.5) is 0 Å². The van der Waals surface area contributed by atoms with Gasteiger partial charge in [-0.15, -0.1) is 0 Å². The molecular formula is C12H18N2O. The number of carbonyl (C=O) groups is 1. The fourth-order valence-electron chi connectivity index (χ4n) is 2.47. The lowest BCUT2D eigenvalue weighted by atomic mass is 9.78. The molecule has 1 fully saturated rings. The standard InChI is InChI=1S/C12H18N2O/c1-10-4-2-3-5-11(10)12(15)8-14-7-6-13-9-14/h6-7,9-11H,2-5,8H2,1H3. The van der Waals surface area contributed by atoms with E-state index in [-0.39, 0.29) is 5.92 Å². The molecule has 1 aromatic rings. The van der Waals surface area contributed by atoms with Crippen LogP contribution in [0, 0.1) is 11.8 Å². The number of aromatic nitrogens is 2. The van der Waals surface area contributed by atoms with Crippen molar-refractivity contribution in [1.82, 2.24) is 9.55 Å². The molecule has 82 valence electrons. The summed E-state index contributed by atoms with van der Waals surface area (Å²) in [6.07, 6.45) is 10.1. The maximum absolute atomic E-state index is 12.0. The number of carbonyl (C=O) groups excluding carboxylic acids is 1. The highest BCUT2D eigenvalue weighted by Crippen LogP contribution is 2.30. The van der Waals surface area contributed by atoms with Crippen molar-refractivity contribution < 1.29 is 4.79 Å². The van der Waals surface area contributed by atoms with E-state index >= 15 is 0 Å². The third-order valence-electron chi connectivity index (χ3n) is 3.42. The number of hydrogen-bond acceptors (Lipinski definition) is 2. The first-order valence-corrected chi connectivity index (χ1v) is 5.76. The van der Waals surface area contributed by atoms with Crippen LogP contribution in [0.1, 0.15) is 32.6 Å². The van der Waals surface area contributed by atoms with Crippen LogP contribution in [0.15, 0.2) is 18.7 Å². The summed E-state index contributed by atoms with van der Waals surface area (Å²) in [7, 11) is 0. The van der Waals surface area contributed by atoms with Gasteiger partial charge in [-0.05, 0) is 12.3 Å². The van der Waals surface area contributed by atoms with Crippen molar-refractivity contribution in [3.63, 3.8) is 0 Å². The van der Waals surface area contributed by atoms with Crippen molar-refractivity contribution in [2.24, 2.45) is 11.8 Å². The van der Waals surface area contributed by atoms with Crippen molar-refractivity contribution in [2.75, 3.05) is 0 Å². The maximum atomic E-state index is 12.0. The Kier molecular flexibility index (Phi) is 3.19. The van der Waals surface area contributed by atoms with Gasteiger partial charge < -0.3 is 4.57 Å². The van der Waals surface area contributed by atoms with Gasteiger partial charge >= 0.3 is 0 Å². The molecule has 0 amide bonds. The fraction of sp³-hybridized carbons (Fsp3) is 0.667. The number of Topliss-reactive ketones (excluding diaryl/α,β-unsaturated/α-hetero) is 1. The van der Waals surface area contributed by atoms with Crippen molar-refractivity contribution in [2.45, 2.75) is 39.2 Å². The molecule has 15 heavy (non-hydrogen) atoms. The number of nitrogens with zero attached hydrogens (tertiary/aromatic N) is 2. The Morgan fingerprint density at radius 1 is 1.47 bits per heavy atom. The zero-order valence-corrected chi connectivity index (χ0v) is 9.22. The van der Waals surface area contributed by atoms with E-state index in [1.54, 1.807) is 12.5 Å². The van der Waals surface area contributed by atoms with Gasteiger partial charge in [-0.25, -0.2) is 4.98 Å². The largest absolute Gasteiger partial charge is 0.330 e. The van der Waals surface area contributed by atoms with Crippen LogP contribution in [-0.4, -0.2) is 15.3 Å². The quantitative estimate of drug-likeness (QED) is 0.760. The molecule has 1 saturated carbocycles. The summed E-state index contributed by atoms with van der Waals surface area (Å²) in [5.74, 6) is 1.22. The number of imidazole rings is 1. The molecule has 0 saturated heterocycles. The normalized spacial score (nSPS) is 26.5. The summed E-state index contributed by atoms with van der Waals surface area (Å²) in [6, 6.07) is 0. The van der Waals surface area contributed by atoms with Gasteiger partial charge in [0.1, 0.15) is 0 Å². The molecule has 1 heterocycles. The van der Waals surface area contributed by atoms with E-state index in [4.69, 9.17) is 0 Å². The molecule has 2 unspecified atom stereocenters. The van der Waals surface area contributed by atoms with E-state index in [2.05, 4.69) is 11.9 Å². The number of ketones is 1. The molecule has 3 nitrogen and oxygen atoms in total. The van der Waals surface area contributed by atoms with E-state index < -0.39 is 0 Å². The van der Waals surface area contributed by atoms with Gasteiger partial charge in [0.2, 0.25) is 0 Å². The van der Waals surface area contributed by atoms with E-state index in [0.717, 1.165) is 6.42 Å². The molecule has 0 aliphatic heterocycles. The average molecular weight is 206 g/mol. The lowest BCUT2D eigenvalue weighted by molar-refractivity contribution is -0.125. The van der Waals surface area contributed by atoms with E-state index in [1.807, 2.05) is 10.8 Å². The highest BCUT2D eigenvalue weighted by Gasteiger charge is 2.27. The van der Waals surface area contributed by atoms with Crippen LogP contribution in [0.2, 0.25) is 0 Å². The SMILES string of the molecule is CC1CCCCC1C(=O)Cn1ccnc1. The first-order chi connectivity index (χ1) is 7.27. The topological polar surface area (TPSA) is 34.9 Å². The van der Waals surface area contributed by atoms with Crippen molar-refractivity contribution in [1.29, 1.82) is 0 Å². The van der Waals surface area contributed by atoms with Crippen LogP contribution in [0.5, 0.6) is 0 Å². The molecule has 1 aromatic heterocycles. The van der Waals surface area contributed by atoms with E-state index in [9.17, 15) is 4.79 Å². The Morgan fingerprint density at radius 3 is 2.93 bits per heavy atom. The smallest absolute Gasteiger partial charge is 0.155 e. The summed E-state index contributed by atoms with van der Waals surface area (Å²) in [5.41, 5.74) is 0. The van der Waals surface area contributed by atoms with Crippen LogP contribution in [0.3, 0.4) is 0 Å². The molecule has 1 aliphatic carbocycles. The molecule has 3 heteroatoms. The number of rotatable bonds is 3. The fourth-order valence-corrected chi connectivity index (χ4v) is 2.47. The number of hydrogen-bond donors (Lipinski definition) is 0. The van der Waals surface area contributed by atoms with E-state index in [0.29, 0.717) is 18.2 Å². The third-order valence-corrected chi connectivity index (χ3v) is 3.42. The molecule has 0 bridgehead atoms. The van der Waals surface area contributed by atoms with Crippen LogP contribution in [0.25, 0.3) is 0 Å². The van der Waals surface area contributed by atoms with Gasteiger partial charge in [0.05, 0.1) is 12.9 Å². The third kappa shape index (κ3) is 2.46. The molecule has 0 radical (unpaired) electrons. The Morgan fingerprint density at radius 2 is 2.27 bits per heavy atom. The molecule has 0 spiro atoms. The lowest BCUT2D eigenvalue weighted by Crippen LogP contribution is -2.28. The Labute approximate surface area is 90.5 Å². The second-order valence-electron chi connectivity index (χ2n) is 4.57. The van der Waals surface area contributed by atoms with Gasteiger partial charge in [-0.2, -0.15) is 0 Å². The summed E-state index contributed by atoms with van der Waals surface area (Å²) in [4.78, 5) is 16.0. The van der Waals surface area contributed by atoms with Crippen LogP contribution in [-0.2, 0) is 11.3 Å². The van der Waals surface area contributed by atoms with Gasteiger partial charge in [-0.3, -0.25) is 4.79 Å². The average Bonchev–Trinajstić information content (AvgIpc) is 2.71. The Balaban J connectivity index is 1.95. The molecule has 1 aliphatic rings. The Hall–Kier alpha value is -1.12. The second-order valence-corrected chi connectivity index (χ2v) is 4.57. The predicted octanol–water partition coefficient (Wildman–Crippen LogP) is 2.28. The summed E-state index contributed by atoms with van der Waals surface area (Å²) in [6.45, 7) is 2.70.